The lowest BCUT2D eigenvalue weighted by Crippen LogP contribution is -2.69. The molecule has 0 N–H and O–H groups in total. The first-order chi connectivity index (χ1) is 52.5. The van der Waals surface area contributed by atoms with Gasteiger partial charge in [-0.3, -0.25) is 0 Å². The molecule has 0 aromatic heterocycles. The second-order valence-electron chi connectivity index (χ2n) is 34.6. The third kappa shape index (κ3) is 12.6. The number of hydrogen-bond acceptors (Lipinski definition) is 3. The molecule has 0 radical (unpaired) electrons. The summed E-state index contributed by atoms with van der Waals surface area (Å²) in [6.07, 6.45) is 11.1. The lowest BCUT2D eigenvalue weighted by atomic mass is 9.28. The summed E-state index contributed by atoms with van der Waals surface area (Å²) in [5.41, 5.74) is 37.7. The van der Waals surface area contributed by atoms with Gasteiger partial charge in [-0.15, -0.1) is 6.58 Å². The van der Waals surface area contributed by atoms with Crippen LogP contribution in [0.4, 0.5) is 45.5 Å². The van der Waals surface area contributed by atoms with Gasteiger partial charge in [-0.1, -0.05) is 381 Å². The van der Waals surface area contributed by atoms with Crippen LogP contribution in [-0.2, 0) is 16.2 Å². The van der Waals surface area contributed by atoms with Crippen LogP contribution in [0.15, 0.2) is 334 Å². The predicted octanol–water partition coefficient (Wildman–Crippen LogP) is 24.3. The molecular formula is C104H95B2N3. The summed E-state index contributed by atoms with van der Waals surface area (Å²) >= 11 is 0. The fraction of sp³-hybridized carbons (Fsp3) is 0.173. The number of benzene rings is 13. The van der Waals surface area contributed by atoms with Crippen molar-refractivity contribution < 1.29 is 0 Å². The Hall–Kier alpha value is -11.7. The molecular weight excluding hydrogens is 1310 g/mol. The van der Waals surface area contributed by atoms with Crippen molar-refractivity contribution >= 4 is 97.3 Å². The standard InChI is InChI=1S/C104H95B2N3/c1-15-68(2)31-28-29-40-85(75-47-57-82(58-48-75)103(9,10)11)100(104(12,13)14)109-93-62-52-79(72-38-26-19-27-39-72)66-89(93)106-87-64-77(70-34-22-17-23-35-70)50-60-91(87)107-90-59-49-76(69-32-20-16-21-33-69)63-86(90)105-88-65-78(71-36-24-18-25-37-71)51-61-92(88)108(94-67-95(109)97(106)99(107)96(94)105)98-83(73-43-53-80(54-44-73)101(3,4)5)41-30-42-84(98)74-45-55-81(56-46-74)102(6,7)8/h15-68H,1H2,2-14H3/b31-28+,40-29-,100-85-. The molecule has 109 heavy (non-hydrogen) atoms. The Bertz CT molecular complexity index is 5700. The highest BCUT2D eigenvalue weighted by molar-refractivity contribution is 7.05. The summed E-state index contributed by atoms with van der Waals surface area (Å²) in [4.78, 5) is 8.22. The molecule has 0 saturated carbocycles. The van der Waals surface area contributed by atoms with Crippen LogP contribution in [0.1, 0.15) is 112 Å². The quantitative estimate of drug-likeness (QED) is 0.0647. The van der Waals surface area contributed by atoms with E-state index in [1.54, 1.807) is 0 Å². The SMILES string of the molecule is C=CC(C)/C=C/C=C\C(=C(\N1c2ccc(-c3ccccc3)cc2B2c3cc(-c4ccccc4)ccc3N3c4ccc(-c5ccccc5)cc4B4c5cc(-c6ccccc6)ccc5N(c5c(-c6ccc(C(C)(C)C)cc6)cccc5-c5ccc(C(C)(C)C)cc5)c5cc1c2c3c54)C(C)(C)C)c1ccc(C(C)(C)C)cc1. The highest BCUT2D eigenvalue weighted by atomic mass is 15.2. The minimum absolute atomic E-state index is 0.0507. The van der Waals surface area contributed by atoms with E-state index in [4.69, 9.17) is 0 Å². The van der Waals surface area contributed by atoms with Crippen molar-refractivity contribution in [3.63, 3.8) is 0 Å². The first-order valence-corrected chi connectivity index (χ1v) is 39.1. The number of allylic oxidation sites excluding steroid dienone is 7. The van der Waals surface area contributed by atoms with Gasteiger partial charge in [0.05, 0.1) is 5.69 Å². The van der Waals surface area contributed by atoms with Crippen molar-refractivity contribution in [2.75, 3.05) is 14.7 Å². The van der Waals surface area contributed by atoms with Crippen molar-refractivity contribution in [2.45, 2.75) is 106 Å². The fourth-order valence-electron chi connectivity index (χ4n) is 17.5. The molecule has 0 fully saturated rings. The number of fused-ring (bicyclic) bond motifs is 10. The highest BCUT2D eigenvalue weighted by Crippen LogP contribution is 2.55. The van der Waals surface area contributed by atoms with E-state index in [0.29, 0.717) is 0 Å². The average molecular weight is 1410 g/mol. The predicted molar refractivity (Wildman–Crippen MR) is 473 cm³/mol. The van der Waals surface area contributed by atoms with Crippen LogP contribution in [0.2, 0.25) is 0 Å². The second-order valence-corrected chi connectivity index (χ2v) is 34.6. The normalized spacial score (nSPS) is 14.1. The van der Waals surface area contributed by atoms with E-state index in [0.717, 1.165) is 61.8 Å². The molecule has 0 saturated heterocycles. The summed E-state index contributed by atoms with van der Waals surface area (Å²) in [6.45, 7) is 34.1. The topological polar surface area (TPSA) is 9.72 Å². The molecule has 13 aromatic carbocycles. The van der Waals surface area contributed by atoms with Gasteiger partial charge in [0.1, 0.15) is 0 Å². The van der Waals surface area contributed by atoms with Gasteiger partial charge < -0.3 is 14.7 Å². The van der Waals surface area contributed by atoms with Crippen molar-refractivity contribution in [3.05, 3.63) is 356 Å². The molecule has 4 heterocycles. The van der Waals surface area contributed by atoms with E-state index in [-0.39, 0.29) is 35.6 Å². The van der Waals surface area contributed by atoms with Gasteiger partial charge in [0.2, 0.25) is 0 Å². The van der Waals surface area contributed by atoms with Gasteiger partial charge >= 0.3 is 0 Å². The molecule has 5 heteroatoms. The van der Waals surface area contributed by atoms with Crippen molar-refractivity contribution in [1.82, 2.24) is 0 Å². The molecule has 532 valence electrons. The van der Waals surface area contributed by atoms with Crippen LogP contribution in [0.5, 0.6) is 0 Å². The molecule has 0 bridgehead atoms. The third-order valence-corrected chi connectivity index (χ3v) is 23.2. The lowest BCUT2D eigenvalue weighted by molar-refractivity contribution is 0.497. The van der Waals surface area contributed by atoms with E-state index < -0.39 is 5.41 Å². The van der Waals surface area contributed by atoms with Crippen LogP contribution in [-0.4, -0.2) is 13.4 Å². The summed E-state index contributed by atoms with van der Waals surface area (Å²) in [6, 6.07) is 112. The van der Waals surface area contributed by atoms with Gasteiger partial charge in [0, 0.05) is 67.6 Å². The maximum Gasteiger partial charge on any atom is 0.252 e. The largest absolute Gasteiger partial charge is 0.314 e. The van der Waals surface area contributed by atoms with E-state index in [1.807, 2.05) is 6.08 Å². The number of nitrogens with zero attached hydrogens (tertiary/aromatic N) is 3. The summed E-state index contributed by atoms with van der Waals surface area (Å²) in [5.74, 6) is 0.192. The minimum atomic E-state index is -0.489. The van der Waals surface area contributed by atoms with E-state index >= 15 is 0 Å². The summed E-state index contributed by atoms with van der Waals surface area (Å²) in [7, 11) is 0. The van der Waals surface area contributed by atoms with Crippen LogP contribution in [0, 0.1) is 11.3 Å². The number of para-hydroxylation sites is 1. The average Bonchev–Trinajstić information content (AvgIpc) is 0.663. The van der Waals surface area contributed by atoms with Gasteiger partial charge in [0.25, 0.3) is 13.4 Å². The lowest BCUT2D eigenvalue weighted by Gasteiger charge is -2.52. The molecule has 4 aliphatic rings. The molecule has 13 aromatic rings. The minimum Gasteiger partial charge on any atom is -0.314 e. The van der Waals surface area contributed by atoms with Gasteiger partial charge in [-0.05, 0) is 163 Å². The Morgan fingerprint density at radius 2 is 0.679 bits per heavy atom. The van der Waals surface area contributed by atoms with E-state index in [2.05, 4.69) is 427 Å². The molecule has 4 aliphatic heterocycles. The second kappa shape index (κ2) is 27.2. The van der Waals surface area contributed by atoms with Crippen molar-refractivity contribution in [3.8, 4) is 66.8 Å². The van der Waals surface area contributed by atoms with Gasteiger partial charge in [-0.2, -0.15) is 0 Å². The summed E-state index contributed by atoms with van der Waals surface area (Å²) in [5, 5.41) is 0. The zero-order chi connectivity index (χ0) is 75.4. The first kappa shape index (κ1) is 70.3. The molecule has 17 rings (SSSR count). The van der Waals surface area contributed by atoms with Crippen molar-refractivity contribution in [1.29, 1.82) is 0 Å². The molecule has 1 atom stereocenters. The van der Waals surface area contributed by atoms with Crippen molar-refractivity contribution in [2.24, 2.45) is 11.3 Å². The molecule has 3 nitrogen and oxygen atoms in total. The molecule has 1 unspecified atom stereocenters. The monoisotopic (exact) mass is 1410 g/mol. The van der Waals surface area contributed by atoms with E-state index in [1.165, 1.54) is 117 Å². The van der Waals surface area contributed by atoms with Crippen LogP contribution in [0.25, 0.3) is 72.3 Å². The first-order valence-electron chi connectivity index (χ1n) is 39.1. The maximum atomic E-state index is 4.19. The fourth-order valence-corrected chi connectivity index (χ4v) is 17.5. The number of anilines is 8. The smallest absolute Gasteiger partial charge is 0.252 e. The Morgan fingerprint density at radius 3 is 1.06 bits per heavy atom. The Balaban J connectivity index is 1.08. The van der Waals surface area contributed by atoms with Crippen LogP contribution >= 0.6 is 0 Å². The Kier molecular flexibility index (Phi) is 17.6. The van der Waals surface area contributed by atoms with E-state index in [9.17, 15) is 0 Å². The number of hydrogen-bond donors (Lipinski definition) is 0. The number of rotatable bonds is 13. The maximum absolute atomic E-state index is 4.19. The zero-order valence-corrected chi connectivity index (χ0v) is 65.4. The van der Waals surface area contributed by atoms with Gasteiger partial charge in [0.15, 0.2) is 0 Å². The highest BCUT2D eigenvalue weighted by Gasteiger charge is 2.53. The molecule has 0 aliphatic carbocycles. The van der Waals surface area contributed by atoms with Crippen LogP contribution < -0.4 is 47.5 Å². The van der Waals surface area contributed by atoms with Crippen LogP contribution in [0.3, 0.4) is 0 Å². The zero-order valence-electron chi connectivity index (χ0n) is 65.4. The molecule has 0 amide bonds. The third-order valence-electron chi connectivity index (χ3n) is 23.2. The molecule has 0 spiro atoms. The summed E-state index contributed by atoms with van der Waals surface area (Å²) < 4.78 is 0. The van der Waals surface area contributed by atoms with Gasteiger partial charge in [-0.25, -0.2) is 0 Å². The Labute approximate surface area is 648 Å². The Morgan fingerprint density at radius 1 is 0.330 bits per heavy atom.